The standard InChI is InChI=1S/C19H28N2O2.ClH/c1-23-17-6-4-5-15(12-17)19(9-2-3-10-19)13-21-18(22)14-7-8-16(20)11-14;/h4-6,12,14,16H,2-3,7-11,13,20H2,1H3,(H,21,22);1H. The molecule has 0 aromatic heterocycles. The maximum absolute atomic E-state index is 12.5. The van der Waals surface area contributed by atoms with Crippen LogP contribution in [0.2, 0.25) is 0 Å². The lowest BCUT2D eigenvalue weighted by atomic mass is 9.78. The minimum Gasteiger partial charge on any atom is -0.497 e. The van der Waals surface area contributed by atoms with Crippen LogP contribution in [0.1, 0.15) is 50.5 Å². The Balaban J connectivity index is 0.00000208. The summed E-state index contributed by atoms with van der Waals surface area (Å²) in [7, 11) is 1.70. The Bertz CT molecular complexity index is 558. The van der Waals surface area contributed by atoms with Crippen molar-refractivity contribution in [2.75, 3.05) is 13.7 Å². The Labute approximate surface area is 150 Å². The van der Waals surface area contributed by atoms with E-state index < -0.39 is 0 Å². The lowest BCUT2D eigenvalue weighted by Gasteiger charge is -2.31. The van der Waals surface area contributed by atoms with Crippen LogP contribution in [0.25, 0.3) is 0 Å². The summed E-state index contributed by atoms with van der Waals surface area (Å²) >= 11 is 0. The molecule has 2 unspecified atom stereocenters. The van der Waals surface area contributed by atoms with Crippen LogP contribution in [0.4, 0.5) is 0 Å². The van der Waals surface area contributed by atoms with Gasteiger partial charge in [0.2, 0.25) is 5.91 Å². The molecule has 1 amide bonds. The molecule has 0 bridgehead atoms. The molecule has 24 heavy (non-hydrogen) atoms. The third-order valence-corrected chi connectivity index (χ3v) is 5.69. The number of ether oxygens (including phenoxy) is 1. The molecule has 134 valence electrons. The first-order valence-corrected chi connectivity index (χ1v) is 8.81. The average Bonchev–Trinajstić information content (AvgIpc) is 3.22. The van der Waals surface area contributed by atoms with Crippen LogP contribution in [0.3, 0.4) is 0 Å². The van der Waals surface area contributed by atoms with E-state index in [0.717, 1.165) is 44.4 Å². The van der Waals surface area contributed by atoms with Gasteiger partial charge in [0.25, 0.3) is 0 Å². The van der Waals surface area contributed by atoms with Gasteiger partial charge in [-0.1, -0.05) is 25.0 Å². The first-order chi connectivity index (χ1) is 11.1. The summed E-state index contributed by atoms with van der Waals surface area (Å²) in [6.07, 6.45) is 7.44. The highest BCUT2D eigenvalue weighted by atomic mass is 35.5. The molecule has 0 aliphatic heterocycles. The van der Waals surface area contributed by atoms with Crippen molar-refractivity contribution in [2.45, 2.75) is 56.4 Å². The molecule has 0 radical (unpaired) electrons. The van der Waals surface area contributed by atoms with E-state index in [-0.39, 0.29) is 35.7 Å². The van der Waals surface area contributed by atoms with E-state index in [1.165, 1.54) is 18.4 Å². The number of nitrogens with two attached hydrogens (primary N) is 1. The number of nitrogens with one attached hydrogen (secondary N) is 1. The molecule has 3 rings (SSSR count). The van der Waals surface area contributed by atoms with E-state index in [1.807, 2.05) is 12.1 Å². The molecule has 4 nitrogen and oxygen atoms in total. The Morgan fingerprint density at radius 3 is 2.71 bits per heavy atom. The van der Waals surface area contributed by atoms with E-state index in [2.05, 4.69) is 17.4 Å². The smallest absolute Gasteiger partial charge is 0.223 e. The maximum atomic E-state index is 12.5. The molecule has 1 aromatic rings. The van der Waals surface area contributed by atoms with Gasteiger partial charge in [0, 0.05) is 23.9 Å². The van der Waals surface area contributed by atoms with E-state index in [1.54, 1.807) is 7.11 Å². The summed E-state index contributed by atoms with van der Waals surface area (Å²) in [5, 5.41) is 3.23. The zero-order valence-corrected chi connectivity index (χ0v) is 15.2. The third-order valence-electron chi connectivity index (χ3n) is 5.69. The first-order valence-electron chi connectivity index (χ1n) is 8.81. The fraction of sp³-hybridized carbons (Fsp3) is 0.632. The number of hydrogen-bond acceptors (Lipinski definition) is 3. The first kappa shape index (κ1) is 19.1. The summed E-state index contributed by atoms with van der Waals surface area (Å²) in [5.41, 5.74) is 7.29. The number of methoxy groups -OCH3 is 1. The number of carbonyl (C=O) groups excluding carboxylic acids is 1. The topological polar surface area (TPSA) is 64.3 Å². The van der Waals surface area contributed by atoms with Crippen molar-refractivity contribution < 1.29 is 9.53 Å². The van der Waals surface area contributed by atoms with Crippen LogP contribution in [0.15, 0.2) is 24.3 Å². The molecule has 5 heteroatoms. The Morgan fingerprint density at radius 2 is 2.08 bits per heavy atom. The second-order valence-electron chi connectivity index (χ2n) is 7.21. The van der Waals surface area contributed by atoms with Crippen LogP contribution in [-0.2, 0) is 10.2 Å². The minimum atomic E-state index is 0. The molecule has 2 atom stereocenters. The van der Waals surface area contributed by atoms with Crippen molar-refractivity contribution in [1.29, 1.82) is 0 Å². The predicted octanol–water partition coefficient (Wildman–Crippen LogP) is 3.17. The summed E-state index contributed by atoms with van der Waals surface area (Å²) in [4.78, 5) is 12.5. The summed E-state index contributed by atoms with van der Waals surface area (Å²) in [5.74, 6) is 1.18. The number of rotatable bonds is 5. The normalized spacial score (nSPS) is 25.1. The lowest BCUT2D eigenvalue weighted by Crippen LogP contribution is -2.41. The maximum Gasteiger partial charge on any atom is 0.223 e. The molecule has 2 saturated carbocycles. The highest BCUT2D eigenvalue weighted by Gasteiger charge is 2.37. The van der Waals surface area contributed by atoms with Crippen LogP contribution in [0.5, 0.6) is 5.75 Å². The number of halogens is 1. The number of benzene rings is 1. The third kappa shape index (κ3) is 4.04. The molecular weight excluding hydrogens is 324 g/mol. The fourth-order valence-electron chi connectivity index (χ4n) is 4.23. The summed E-state index contributed by atoms with van der Waals surface area (Å²) in [6, 6.07) is 8.52. The molecular formula is C19H29ClN2O2. The highest BCUT2D eigenvalue weighted by molar-refractivity contribution is 5.85. The van der Waals surface area contributed by atoms with Gasteiger partial charge in [-0.25, -0.2) is 0 Å². The van der Waals surface area contributed by atoms with E-state index in [0.29, 0.717) is 0 Å². The van der Waals surface area contributed by atoms with Gasteiger partial charge in [0.05, 0.1) is 7.11 Å². The zero-order chi connectivity index (χ0) is 16.3. The van der Waals surface area contributed by atoms with Crippen LogP contribution in [0, 0.1) is 5.92 Å². The van der Waals surface area contributed by atoms with Crippen molar-refractivity contribution in [1.82, 2.24) is 5.32 Å². The Morgan fingerprint density at radius 1 is 1.33 bits per heavy atom. The fourth-order valence-corrected chi connectivity index (χ4v) is 4.23. The molecule has 0 saturated heterocycles. The zero-order valence-electron chi connectivity index (χ0n) is 14.4. The van der Waals surface area contributed by atoms with Gasteiger partial charge in [0.1, 0.15) is 5.75 Å². The molecule has 0 spiro atoms. The second-order valence-corrected chi connectivity index (χ2v) is 7.21. The van der Waals surface area contributed by atoms with Crippen molar-refractivity contribution in [3.63, 3.8) is 0 Å². The van der Waals surface area contributed by atoms with E-state index in [4.69, 9.17) is 10.5 Å². The van der Waals surface area contributed by atoms with E-state index in [9.17, 15) is 4.79 Å². The number of amides is 1. The van der Waals surface area contributed by atoms with Gasteiger partial charge < -0.3 is 15.8 Å². The van der Waals surface area contributed by atoms with Crippen molar-refractivity contribution >= 4 is 18.3 Å². The SMILES string of the molecule is COc1cccc(C2(CNC(=O)C3CCC(N)C3)CCCC2)c1.Cl. The lowest BCUT2D eigenvalue weighted by molar-refractivity contribution is -0.125. The largest absolute Gasteiger partial charge is 0.497 e. The summed E-state index contributed by atoms with van der Waals surface area (Å²) < 4.78 is 5.38. The van der Waals surface area contributed by atoms with Crippen LogP contribution in [-0.4, -0.2) is 25.6 Å². The molecule has 0 heterocycles. The van der Waals surface area contributed by atoms with Crippen LogP contribution >= 0.6 is 12.4 Å². The van der Waals surface area contributed by atoms with Gasteiger partial charge >= 0.3 is 0 Å². The van der Waals surface area contributed by atoms with Gasteiger partial charge in [-0.2, -0.15) is 0 Å². The molecule has 2 aliphatic rings. The predicted molar refractivity (Wildman–Crippen MR) is 98.7 cm³/mol. The number of hydrogen-bond donors (Lipinski definition) is 2. The molecule has 3 N–H and O–H groups in total. The van der Waals surface area contributed by atoms with E-state index >= 15 is 0 Å². The molecule has 1 aromatic carbocycles. The second kappa shape index (κ2) is 8.21. The molecule has 2 aliphatic carbocycles. The number of carbonyl (C=O) groups is 1. The van der Waals surface area contributed by atoms with Gasteiger partial charge in [0.15, 0.2) is 0 Å². The Hall–Kier alpha value is -1.26. The van der Waals surface area contributed by atoms with Gasteiger partial charge in [-0.05, 0) is 49.8 Å². The van der Waals surface area contributed by atoms with Gasteiger partial charge in [-0.3, -0.25) is 4.79 Å². The monoisotopic (exact) mass is 352 g/mol. The van der Waals surface area contributed by atoms with Crippen molar-refractivity contribution in [3.05, 3.63) is 29.8 Å². The van der Waals surface area contributed by atoms with Crippen molar-refractivity contribution in [2.24, 2.45) is 11.7 Å². The average molecular weight is 353 g/mol. The van der Waals surface area contributed by atoms with Crippen LogP contribution < -0.4 is 15.8 Å². The Kier molecular flexibility index (Phi) is 6.53. The minimum absolute atomic E-state index is 0. The highest BCUT2D eigenvalue weighted by Crippen LogP contribution is 2.41. The van der Waals surface area contributed by atoms with Crippen molar-refractivity contribution in [3.8, 4) is 5.75 Å². The quantitative estimate of drug-likeness (QED) is 0.855. The molecule has 2 fully saturated rings. The van der Waals surface area contributed by atoms with Gasteiger partial charge in [-0.15, -0.1) is 12.4 Å². The summed E-state index contributed by atoms with van der Waals surface area (Å²) in [6.45, 7) is 0.727.